The van der Waals surface area contributed by atoms with Crippen LogP contribution in [0.4, 0.5) is 24.5 Å². The van der Waals surface area contributed by atoms with Crippen molar-refractivity contribution in [2.24, 2.45) is 0 Å². The quantitative estimate of drug-likeness (QED) is 0.428. The Morgan fingerprint density at radius 3 is 2.21 bits per heavy atom. The molecule has 0 saturated heterocycles. The molecule has 3 aromatic rings. The Kier molecular flexibility index (Phi) is 7.51. The number of nitrogens with one attached hydrogen (secondary N) is 2. The summed E-state index contributed by atoms with van der Waals surface area (Å²) < 4.78 is 71.6. The second-order valence-corrected chi connectivity index (χ2v) is 9.21. The van der Waals surface area contributed by atoms with Gasteiger partial charge in [0.2, 0.25) is 0 Å². The summed E-state index contributed by atoms with van der Waals surface area (Å²) in [5.74, 6) is 0.149. The van der Waals surface area contributed by atoms with Gasteiger partial charge in [0.25, 0.3) is 15.9 Å². The van der Waals surface area contributed by atoms with Crippen molar-refractivity contribution in [2.75, 3.05) is 10.0 Å². The van der Waals surface area contributed by atoms with E-state index in [0.717, 1.165) is 17.7 Å². The molecule has 0 aromatic heterocycles. The third-order valence-electron chi connectivity index (χ3n) is 4.84. The van der Waals surface area contributed by atoms with Crippen LogP contribution in [0.2, 0.25) is 0 Å². The van der Waals surface area contributed by atoms with Crippen molar-refractivity contribution in [1.82, 2.24) is 0 Å². The number of carbonyl (C=O) groups excluding carboxylic acids is 1. The molecular formula is C24H23F3N2O4S. The third kappa shape index (κ3) is 6.50. The molecule has 0 saturated carbocycles. The van der Waals surface area contributed by atoms with E-state index in [1.165, 1.54) is 30.3 Å². The zero-order chi connectivity index (χ0) is 24.9. The van der Waals surface area contributed by atoms with Crippen LogP contribution in [0.3, 0.4) is 0 Å². The minimum Gasteiger partial charge on any atom is -0.481 e. The number of alkyl halides is 3. The number of hydrogen-bond donors (Lipinski definition) is 2. The Hall–Kier alpha value is -3.53. The minimum atomic E-state index is -4.60. The van der Waals surface area contributed by atoms with Crippen molar-refractivity contribution in [3.63, 3.8) is 0 Å². The number of halogens is 3. The van der Waals surface area contributed by atoms with E-state index in [9.17, 15) is 26.4 Å². The van der Waals surface area contributed by atoms with Crippen LogP contribution in [0.25, 0.3) is 0 Å². The average molecular weight is 493 g/mol. The molecule has 2 N–H and O–H groups in total. The molecule has 0 radical (unpaired) electrons. The van der Waals surface area contributed by atoms with Crippen LogP contribution in [-0.4, -0.2) is 20.4 Å². The molecular weight excluding hydrogens is 469 g/mol. The fraction of sp³-hybridized carbons (Fsp3) is 0.208. The molecule has 0 heterocycles. The number of benzene rings is 3. The first-order valence-corrected chi connectivity index (χ1v) is 11.8. The second kappa shape index (κ2) is 10.2. The lowest BCUT2D eigenvalue weighted by Gasteiger charge is -2.17. The van der Waals surface area contributed by atoms with Gasteiger partial charge in [0.05, 0.1) is 10.5 Å². The summed E-state index contributed by atoms with van der Waals surface area (Å²) in [6.07, 6.45) is -4.94. The van der Waals surface area contributed by atoms with Crippen LogP contribution < -0.4 is 14.8 Å². The Morgan fingerprint density at radius 2 is 1.62 bits per heavy atom. The summed E-state index contributed by atoms with van der Waals surface area (Å²) in [7, 11) is -4.14. The van der Waals surface area contributed by atoms with Crippen LogP contribution in [0, 0.1) is 6.92 Å². The fourth-order valence-corrected chi connectivity index (χ4v) is 4.07. The van der Waals surface area contributed by atoms with Gasteiger partial charge in [0.15, 0.2) is 6.10 Å². The topological polar surface area (TPSA) is 84.5 Å². The molecule has 34 heavy (non-hydrogen) atoms. The highest BCUT2D eigenvalue weighted by molar-refractivity contribution is 7.92. The van der Waals surface area contributed by atoms with Gasteiger partial charge in [-0.15, -0.1) is 0 Å². The monoisotopic (exact) mass is 492 g/mol. The van der Waals surface area contributed by atoms with E-state index >= 15 is 0 Å². The van der Waals surface area contributed by atoms with Crippen LogP contribution in [-0.2, 0) is 21.0 Å². The molecule has 0 fully saturated rings. The zero-order valence-corrected chi connectivity index (χ0v) is 19.2. The predicted molar refractivity (Wildman–Crippen MR) is 123 cm³/mol. The van der Waals surface area contributed by atoms with Crippen molar-refractivity contribution >= 4 is 27.3 Å². The minimum absolute atomic E-state index is 0.175. The van der Waals surface area contributed by atoms with Gasteiger partial charge >= 0.3 is 6.18 Å². The molecule has 0 aliphatic rings. The van der Waals surface area contributed by atoms with Crippen molar-refractivity contribution in [1.29, 1.82) is 0 Å². The maximum absolute atomic E-state index is 12.9. The van der Waals surface area contributed by atoms with Crippen LogP contribution in [0.1, 0.15) is 24.5 Å². The molecule has 0 aliphatic heterocycles. The molecule has 3 aromatic carbocycles. The molecule has 10 heteroatoms. The van der Waals surface area contributed by atoms with E-state index < -0.39 is 33.8 Å². The van der Waals surface area contributed by atoms with Crippen molar-refractivity contribution in [3.05, 3.63) is 83.9 Å². The molecule has 1 amide bonds. The van der Waals surface area contributed by atoms with Crippen LogP contribution in [0.15, 0.2) is 77.7 Å². The van der Waals surface area contributed by atoms with E-state index in [0.29, 0.717) is 23.9 Å². The van der Waals surface area contributed by atoms with Crippen molar-refractivity contribution < 1.29 is 31.1 Å². The van der Waals surface area contributed by atoms with Crippen molar-refractivity contribution in [3.8, 4) is 5.75 Å². The highest BCUT2D eigenvalue weighted by Gasteiger charge is 2.30. The number of rotatable bonds is 8. The number of sulfonamides is 1. The summed E-state index contributed by atoms with van der Waals surface area (Å²) in [5, 5.41) is 2.67. The molecule has 3 rings (SSSR count). The Balaban J connectivity index is 1.67. The first-order chi connectivity index (χ1) is 16.0. The summed E-state index contributed by atoms with van der Waals surface area (Å²) in [6, 6.07) is 16.4. The molecule has 1 atom stereocenters. The van der Waals surface area contributed by atoms with Gasteiger partial charge in [0, 0.05) is 11.4 Å². The maximum Gasteiger partial charge on any atom is 0.416 e. The van der Waals surface area contributed by atoms with E-state index in [1.807, 2.05) is 19.1 Å². The number of anilines is 2. The van der Waals surface area contributed by atoms with Crippen molar-refractivity contribution in [2.45, 2.75) is 37.4 Å². The van der Waals surface area contributed by atoms with Gasteiger partial charge in [-0.3, -0.25) is 9.52 Å². The van der Waals surface area contributed by atoms with Crippen LogP contribution in [0.5, 0.6) is 5.75 Å². The zero-order valence-electron chi connectivity index (χ0n) is 18.4. The number of amides is 1. The van der Waals surface area contributed by atoms with E-state index in [2.05, 4.69) is 10.0 Å². The molecule has 0 bridgehead atoms. The highest BCUT2D eigenvalue weighted by Crippen LogP contribution is 2.31. The first-order valence-electron chi connectivity index (χ1n) is 10.3. The number of ether oxygens (including phenoxy) is 1. The lowest BCUT2D eigenvalue weighted by Crippen LogP contribution is -2.32. The standard InChI is InChI=1S/C24H23F3N2O4S/c1-3-22(33-20-11-7-16(2)8-12-20)23(30)28-18-9-13-21(14-10-18)34(31,32)29-19-6-4-5-17(15-19)24(25,26)27/h4-15,22,29H,3H2,1-2H3,(H,28,30)/t22-/m1/s1. The van der Waals surface area contributed by atoms with Gasteiger partial charge in [-0.05, 0) is 67.9 Å². The molecule has 0 aliphatic carbocycles. The molecule has 6 nitrogen and oxygen atoms in total. The molecule has 0 unspecified atom stereocenters. The second-order valence-electron chi connectivity index (χ2n) is 7.53. The lowest BCUT2D eigenvalue weighted by molar-refractivity contribution is -0.137. The molecule has 180 valence electrons. The maximum atomic E-state index is 12.9. The summed E-state index contributed by atoms with van der Waals surface area (Å²) in [6.45, 7) is 3.74. The fourth-order valence-electron chi connectivity index (χ4n) is 3.02. The lowest BCUT2D eigenvalue weighted by atomic mass is 10.2. The summed E-state index contributed by atoms with van der Waals surface area (Å²) in [5.41, 5.74) is 0.215. The summed E-state index contributed by atoms with van der Waals surface area (Å²) >= 11 is 0. The van der Waals surface area contributed by atoms with E-state index in [-0.39, 0.29) is 10.6 Å². The number of hydrogen-bond acceptors (Lipinski definition) is 4. The third-order valence-corrected chi connectivity index (χ3v) is 6.23. The summed E-state index contributed by atoms with van der Waals surface area (Å²) in [4.78, 5) is 12.4. The average Bonchev–Trinajstić information content (AvgIpc) is 2.78. The first kappa shape index (κ1) is 25.1. The van der Waals surface area contributed by atoms with E-state index in [4.69, 9.17) is 4.74 Å². The smallest absolute Gasteiger partial charge is 0.416 e. The van der Waals surface area contributed by atoms with Gasteiger partial charge < -0.3 is 10.1 Å². The van der Waals surface area contributed by atoms with Gasteiger partial charge in [-0.25, -0.2) is 8.42 Å². The SMILES string of the molecule is CC[C@@H](Oc1ccc(C)cc1)C(=O)Nc1ccc(S(=O)(=O)Nc2cccc(C(F)(F)F)c2)cc1. The Labute approximate surface area is 195 Å². The van der Waals surface area contributed by atoms with Gasteiger partial charge in [-0.1, -0.05) is 30.7 Å². The molecule has 0 spiro atoms. The number of aryl methyl sites for hydroxylation is 1. The van der Waals surface area contributed by atoms with Gasteiger partial charge in [0.1, 0.15) is 5.75 Å². The van der Waals surface area contributed by atoms with E-state index in [1.54, 1.807) is 19.1 Å². The van der Waals surface area contributed by atoms with Crippen LogP contribution >= 0.6 is 0 Å². The largest absolute Gasteiger partial charge is 0.481 e. The normalized spacial score (nSPS) is 12.6. The van der Waals surface area contributed by atoms with Gasteiger partial charge in [-0.2, -0.15) is 13.2 Å². The Bertz CT molecular complexity index is 1240. The predicted octanol–water partition coefficient (Wildman–Crippen LogP) is 5.61. The Morgan fingerprint density at radius 1 is 0.971 bits per heavy atom. The number of carbonyl (C=O) groups is 1. The highest BCUT2D eigenvalue weighted by atomic mass is 32.2.